The summed E-state index contributed by atoms with van der Waals surface area (Å²) < 4.78 is 1.34. The zero-order valence-corrected chi connectivity index (χ0v) is 12.5. The molecule has 6 nitrogen and oxygen atoms in total. The average Bonchev–Trinajstić information content (AvgIpc) is 2.95. The zero-order chi connectivity index (χ0) is 15.1. The SMILES string of the molecule is CC(N)c1nc2c(Cl)ccc(Cl)c2c(=O)n1-c1cc[nH]n1. The smallest absolute Gasteiger partial charge is 0.268 e. The lowest BCUT2D eigenvalue weighted by Gasteiger charge is -2.14. The lowest BCUT2D eigenvalue weighted by molar-refractivity contribution is 0.688. The Kier molecular flexibility index (Phi) is 3.44. The molecule has 0 aliphatic heterocycles. The van der Waals surface area contributed by atoms with Crippen molar-refractivity contribution >= 4 is 34.1 Å². The van der Waals surface area contributed by atoms with Crippen LogP contribution in [0.5, 0.6) is 0 Å². The lowest BCUT2D eigenvalue weighted by atomic mass is 10.2. The molecular weight excluding hydrogens is 313 g/mol. The van der Waals surface area contributed by atoms with Crippen molar-refractivity contribution in [2.24, 2.45) is 5.73 Å². The van der Waals surface area contributed by atoms with Crippen molar-refractivity contribution in [1.82, 2.24) is 19.7 Å². The average molecular weight is 324 g/mol. The summed E-state index contributed by atoms with van der Waals surface area (Å²) in [6.45, 7) is 1.73. The molecule has 0 spiro atoms. The molecule has 0 radical (unpaired) electrons. The number of benzene rings is 1. The summed E-state index contributed by atoms with van der Waals surface area (Å²) in [5.41, 5.74) is 5.92. The van der Waals surface area contributed by atoms with Crippen LogP contribution in [-0.2, 0) is 0 Å². The van der Waals surface area contributed by atoms with E-state index < -0.39 is 6.04 Å². The first-order valence-electron chi connectivity index (χ1n) is 6.17. The van der Waals surface area contributed by atoms with Crippen molar-refractivity contribution in [2.45, 2.75) is 13.0 Å². The van der Waals surface area contributed by atoms with E-state index in [0.29, 0.717) is 22.2 Å². The van der Waals surface area contributed by atoms with Gasteiger partial charge in [-0.05, 0) is 19.1 Å². The predicted octanol–water partition coefficient (Wildman–Crippen LogP) is 2.44. The Hall–Kier alpha value is -1.89. The highest BCUT2D eigenvalue weighted by Gasteiger charge is 2.19. The van der Waals surface area contributed by atoms with Gasteiger partial charge in [0, 0.05) is 12.3 Å². The number of hydrogen-bond acceptors (Lipinski definition) is 4. The van der Waals surface area contributed by atoms with Crippen LogP contribution in [-0.4, -0.2) is 19.7 Å². The number of hydrogen-bond donors (Lipinski definition) is 2. The Morgan fingerprint density at radius 2 is 2.00 bits per heavy atom. The van der Waals surface area contributed by atoms with E-state index in [9.17, 15) is 4.79 Å². The summed E-state index contributed by atoms with van der Waals surface area (Å²) in [5.74, 6) is 0.765. The highest BCUT2D eigenvalue weighted by Crippen LogP contribution is 2.27. The second kappa shape index (κ2) is 5.14. The first-order chi connectivity index (χ1) is 10.0. The first-order valence-corrected chi connectivity index (χ1v) is 6.92. The molecule has 0 amide bonds. The number of aromatic amines is 1. The number of nitrogens with one attached hydrogen (secondary N) is 1. The van der Waals surface area contributed by atoms with Crippen molar-refractivity contribution in [3.8, 4) is 5.82 Å². The molecular formula is C13H11Cl2N5O. The highest BCUT2D eigenvalue weighted by atomic mass is 35.5. The molecule has 3 rings (SSSR count). The number of aromatic nitrogens is 4. The molecule has 1 aromatic carbocycles. The number of nitrogens with two attached hydrogens (primary N) is 1. The molecule has 0 aliphatic carbocycles. The van der Waals surface area contributed by atoms with E-state index in [1.54, 1.807) is 31.3 Å². The van der Waals surface area contributed by atoms with E-state index in [-0.39, 0.29) is 16.0 Å². The molecule has 3 N–H and O–H groups in total. The van der Waals surface area contributed by atoms with Gasteiger partial charge >= 0.3 is 0 Å². The van der Waals surface area contributed by atoms with Gasteiger partial charge in [-0.15, -0.1) is 0 Å². The predicted molar refractivity (Wildman–Crippen MR) is 82.1 cm³/mol. The quantitative estimate of drug-likeness (QED) is 0.757. The second-order valence-electron chi connectivity index (χ2n) is 4.58. The third kappa shape index (κ3) is 2.21. The second-order valence-corrected chi connectivity index (χ2v) is 5.40. The Bertz CT molecular complexity index is 870. The van der Waals surface area contributed by atoms with Gasteiger partial charge in [0.15, 0.2) is 5.82 Å². The normalized spacial score (nSPS) is 12.8. The van der Waals surface area contributed by atoms with Crippen LogP contribution in [0.15, 0.2) is 29.2 Å². The van der Waals surface area contributed by atoms with Gasteiger partial charge in [0.2, 0.25) is 0 Å². The molecule has 1 unspecified atom stereocenters. The standard InChI is InChI=1S/C13H11Cl2N5O/c1-6(16)12-18-11-8(15)3-2-7(14)10(11)13(21)20(12)9-4-5-17-19-9/h2-6H,16H2,1H3,(H,17,19). The van der Waals surface area contributed by atoms with Crippen molar-refractivity contribution in [1.29, 1.82) is 0 Å². The minimum atomic E-state index is -0.478. The Morgan fingerprint density at radius 1 is 1.29 bits per heavy atom. The minimum absolute atomic E-state index is 0.247. The Morgan fingerprint density at radius 3 is 2.62 bits per heavy atom. The molecule has 0 saturated heterocycles. The number of halogens is 2. The van der Waals surface area contributed by atoms with Crippen LogP contribution >= 0.6 is 23.2 Å². The maximum atomic E-state index is 12.8. The van der Waals surface area contributed by atoms with Gasteiger partial charge in [-0.1, -0.05) is 23.2 Å². The topological polar surface area (TPSA) is 89.6 Å². The van der Waals surface area contributed by atoms with Crippen molar-refractivity contribution in [3.63, 3.8) is 0 Å². The summed E-state index contributed by atoms with van der Waals surface area (Å²) >= 11 is 12.3. The number of nitrogens with zero attached hydrogens (tertiary/aromatic N) is 3. The minimum Gasteiger partial charge on any atom is -0.322 e. The summed E-state index contributed by atoms with van der Waals surface area (Å²) in [6, 6.07) is 4.34. The summed E-state index contributed by atoms with van der Waals surface area (Å²) in [5, 5.41) is 7.55. The van der Waals surface area contributed by atoms with E-state index in [2.05, 4.69) is 15.2 Å². The fourth-order valence-electron chi connectivity index (χ4n) is 2.14. The lowest BCUT2D eigenvalue weighted by Crippen LogP contribution is -2.28. The fraction of sp³-hybridized carbons (Fsp3) is 0.154. The van der Waals surface area contributed by atoms with E-state index in [1.807, 2.05) is 0 Å². The number of rotatable bonds is 2. The van der Waals surface area contributed by atoms with Crippen LogP contribution in [0.2, 0.25) is 10.0 Å². The van der Waals surface area contributed by atoms with Gasteiger partial charge in [0.25, 0.3) is 5.56 Å². The molecule has 108 valence electrons. The molecule has 0 fully saturated rings. The van der Waals surface area contributed by atoms with Gasteiger partial charge in [-0.3, -0.25) is 9.89 Å². The van der Waals surface area contributed by atoms with Crippen LogP contribution in [0.1, 0.15) is 18.8 Å². The monoisotopic (exact) mass is 323 g/mol. The van der Waals surface area contributed by atoms with Crippen LogP contribution in [0.25, 0.3) is 16.7 Å². The van der Waals surface area contributed by atoms with Gasteiger partial charge in [0.05, 0.1) is 27.0 Å². The maximum Gasteiger partial charge on any atom is 0.268 e. The molecule has 1 atom stereocenters. The van der Waals surface area contributed by atoms with E-state index in [4.69, 9.17) is 28.9 Å². The van der Waals surface area contributed by atoms with Crippen LogP contribution in [0, 0.1) is 0 Å². The van der Waals surface area contributed by atoms with Gasteiger partial charge in [-0.2, -0.15) is 5.10 Å². The Balaban J connectivity index is 2.52. The van der Waals surface area contributed by atoms with Crippen LogP contribution < -0.4 is 11.3 Å². The molecule has 0 saturated carbocycles. The van der Waals surface area contributed by atoms with Gasteiger partial charge < -0.3 is 5.73 Å². The molecule has 8 heteroatoms. The van der Waals surface area contributed by atoms with Gasteiger partial charge in [-0.25, -0.2) is 9.55 Å². The van der Waals surface area contributed by atoms with Gasteiger partial charge in [0.1, 0.15) is 5.82 Å². The zero-order valence-electron chi connectivity index (χ0n) is 11.0. The maximum absolute atomic E-state index is 12.8. The molecule has 2 heterocycles. The first kappa shape index (κ1) is 14.1. The number of H-pyrrole nitrogens is 1. The van der Waals surface area contributed by atoms with Crippen LogP contribution in [0.4, 0.5) is 0 Å². The molecule has 0 aliphatic rings. The van der Waals surface area contributed by atoms with E-state index >= 15 is 0 Å². The van der Waals surface area contributed by atoms with Crippen molar-refractivity contribution in [3.05, 3.63) is 50.6 Å². The third-order valence-electron chi connectivity index (χ3n) is 3.07. The van der Waals surface area contributed by atoms with Crippen molar-refractivity contribution < 1.29 is 0 Å². The van der Waals surface area contributed by atoms with Crippen LogP contribution in [0.3, 0.4) is 0 Å². The van der Waals surface area contributed by atoms with E-state index in [0.717, 1.165) is 0 Å². The summed E-state index contributed by atoms with van der Waals surface area (Å²) in [6.07, 6.45) is 1.61. The molecule has 21 heavy (non-hydrogen) atoms. The Labute approximate surface area is 129 Å². The summed E-state index contributed by atoms with van der Waals surface area (Å²) in [4.78, 5) is 17.2. The largest absolute Gasteiger partial charge is 0.322 e. The van der Waals surface area contributed by atoms with E-state index in [1.165, 1.54) is 4.57 Å². The summed E-state index contributed by atoms with van der Waals surface area (Å²) in [7, 11) is 0. The molecule has 0 bridgehead atoms. The number of fused-ring (bicyclic) bond motifs is 1. The third-order valence-corrected chi connectivity index (χ3v) is 3.69. The highest BCUT2D eigenvalue weighted by molar-refractivity contribution is 6.39. The molecule has 2 aromatic heterocycles. The molecule has 3 aromatic rings. The fourth-order valence-corrected chi connectivity index (χ4v) is 2.57. The van der Waals surface area contributed by atoms with Crippen molar-refractivity contribution in [2.75, 3.05) is 0 Å².